The fourth-order valence-electron chi connectivity index (χ4n) is 4.22. The minimum atomic E-state index is -0.468. The van der Waals surface area contributed by atoms with E-state index >= 15 is 0 Å². The van der Waals surface area contributed by atoms with Crippen LogP contribution in [0, 0.1) is 5.92 Å². The van der Waals surface area contributed by atoms with Crippen LogP contribution in [-0.4, -0.2) is 60.4 Å². The number of nitrogens with zero attached hydrogens (tertiary/aromatic N) is 2. The fourth-order valence-corrected chi connectivity index (χ4v) is 4.22. The Labute approximate surface area is 144 Å². The lowest BCUT2D eigenvalue weighted by atomic mass is 9.84. The molecule has 1 saturated carbocycles. The maximum atomic E-state index is 12.5. The van der Waals surface area contributed by atoms with Crippen LogP contribution in [-0.2, 0) is 0 Å². The zero-order valence-electron chi connectivity index (χ0n) is 14.9. The first-order valence-corrected chi connectivity index (χ1v) is 9.39. The van der Waals surface area contributed by atoms with Crippen molar-refractivity contribution in [3.05, 3.63) is 0 Å². The third-order valence-corrected chi connectivity index (χ3v) is 5.81. The van der Waals surface area contributed by atoms with Gasteiger partial charge in [0.2, 0.25) is 0 Å². The molecule has 2 heterocycles. The monoisotopic (exact) mass is 337 g/mol. The second kappa shape index (κ2) is 7.70. The van der Waals surface area contributed by atoms with Gasteiger partial charge in [0.1, 0.15) is 0 Å². The van der Waals surface area contributed by atoms with Gasteiger partial charge in [-0.2, -0.15) is 0 Å². The van der Waals surface area contributed by atoms with E-state index in [0.29, 0.717) is 5.92 Å². The van der Waals surface area contributed by atoms with Gasteiger partial charge in [-0.15, -0.1) is 0 Å². The van der Waals surface area contributed by atoms with Crippen LogP contribution in [0.15, 0.2) is 0 Å². The molecule has 0 unspecified atom stereocenters. The molecule has 3 fully saturated rings. The summed E-state index contributed by atoms with van der Waals surface area (Å²) in [4.78, 5) is 28.5. The van der Waals surface area contributed by atoms with Gasteiger partial charge in [-0.25, -0.2) is 14.5 Å². The molecular formula is C17H31N5O2. The predicted molar refractivity (Wildman–Crippen MR) is 92.4 cm³/mol. The zero-order valence-corrected chi connectivity index (χ0v) is 14.9. The Hall–Kier alpha value is -1.34. The van der Waals surface area contributed by atoms with Crippen LogP contribution in [0.4, 0.5) is 9.59 Å². The van der Waals surface area contributed by atoms with Gasteiger partial charge in [0.25, 0.3) is 0 Å². The molecule has 0 spiro atoms. The number of piperidine rings is 1. The van der Waals surface area contributed by atoms with Crippen LogP contribution in [0.1, 0.15) is 51.9 Å². The molecule has 0 bridgehead atoms. The highest BCUT2D eigenvalue weighted by Crippen LogP contribution is 2.26. The Morgan fingerprint density at radius 2 is 1.58 bits per heavy atom. The number of urea groups is 2. The smallest absolute Gasteiger partial charge is 0.306 e. The molecule has 0 aromatic heterocycles. The number of hydrogen-bond acceptors (Lipinski definition) is 4. The van der Waals surface area contributed by atoms with Gasteiger partial charge in [0.15, 0.2) is 6.29 Å². The molecule has 1 atom stereocenters. The maximum absolute atomic E-state index is 12.5. The Morgan fingerprint density at radius 3 is 2.17 bits per heavy atom. The molecule has 3 rings (SSSR count). The molecule has 0 aromatic carbocycles. The number of nitrogens with one attached hydrogen (secondary N) is 3. The normalized spacial score (nSPS) is 27.0. The van der Waals surface area contributed by atoms with E-state index in [-0.39, 0.29) is 24.1 Å². The summed E-state index contributed by atoms with van der Waals surface area (Å²) in [6.07, 6.45) is 7.56. The van der Waals surface area contributed by atoms with Gasteiger partial charge in [0.05, 0.1) is 0 Å². The van der Waals surface area contributed by atoms with Gasteiger partial charge in [-0.1, -0.05) is 19.3 Å². The van der Waals surface area contributed by atoms with E-state index in [4.69, 9.17) is 0 Å². The lowest BCUT2D eigenvalue weighted by molar-refractivity contribution is 0.114. The first-order valence-electron chi connectivity index (χ1n) is 9.39. The van der Waals surface area contributed by atoms with Crippen LogP contribution >= 0.6 is 0 Å². The van der Waals surface area contributed by atoms with Crippen LogP contribution in [0.2, 0.25) is 0 Å². The van der Waals surface area contributed by atoms with Gasteiger partial charge in [-0.05, 0) is 58.7 Å². The molecule has 0 aromatic rings. The van der Waals surface area contributed by atoms with E-state index in [1.54, 1.807) is 0 Å². The highest BCUT2D eigenvalue weighted by Gasteiger charge is 2.38. The molecule has 136 valence electrons. The Bertz CT molecular complexity index is 440. The molecule has 0 radical (unpaired) electrons. The van der Waals surface area contributed by atoms with Crippen LogP contribution in [0.25, 0.3) is 0 Å². The van der Waals surface area contributed by atoms with Crippen molar-refractivity contribution in [1.82, 2.24) is 25.8 Å². The van der Waals surface area contributed by atoms with Crippen molar-refractivity contribution in [3.63, 3.8) is 0 Å². The van der Waals surface area contributed by atoms with Crippen molar-refractivity contribution in [2.45, 2.75) is 70.2 Å². The van der Waals surface area contributed by atoms with Gasteiger partial charge < -0.3 is 15.5 Å². The SMILES string of the molecule is C[C@H](NC1NC(=O)N(C2CCN(C)CC2)C(=O)N1)C1CCCCC1. The molecule has 3 N–H and O–H groups in total. The van der Waals surface area contributed by atoms with Crippen LogP contribution in [0.5, 0.6) is 0 Å². The number of amides is 4. The van der Waals surface area contributed by atoms with Crippen molar-refractivity contribution in [2.75, 3.05) is 20.1 Å². The molecule has 2 saturated heterocycles. The average molecular weight is 337 g/mol. The third kappa shape index (κ3) is 4.00. The second-order valence-corrected chi connectivity index (χ2v) is 7.59. The Kier molecular flexibility index (Phi) is 5.61. The topological polar surface area (TPSA) is 76.7 Å². The van der Waals surface area contributed by atoms with Gasteiger partial charge in [0, 0.05) is 12.1 Å². The lowest BCUT2D eigenvalue weighted by Crippen LogP contribution is -2.71. The molecule has 2 aliphatic heterocycles. The molecular weight excluding hydrogens is 306 g/mol. The molecule has 7 heteroatoms. The van der Waals surface area contributed by atoms with E-state index < -0.39 is 6.29 Å². The van der Waals surface area contributed by atoms with Crippen LogP contribution in [0.3, 0.4) is 0 Å². The summed E-state index contributed by atoms with van der Waals surface area (Å²) >= 11 is 0. The van der Waals surface area contributed by atoms with Crippen molar-refractivity contribution in [2.24, 2.45) is 5.92 Å². The van der Waals surface area contributed by atoms with E-state index in [0.717, 1.165) is 25.9 Å². The minimum Gasteiger partial charge on any atom is -0.306 e. The fraction of sp³-hybridized carbons (Fsp3) is 0.882. The first-order chi connectivity index (χ1) is 11.5. The zero-order chi connectivity index (χ0) is 17.1. The molecule has 7 nitrogen and oxygen atoms in total. The molecule has 3 aliphatic rings. The summed E-state index contributed by atoms with van der Waals surface area (Å²) in [5.41, 5.74) is 0. The van der Waals surface area contributed by atoms with Crippen LogP contribution < -0.4 is 16.0 Å². The molecule has 24 heavy (non-hydrogen) atoms. The Balaban J connectivity index is 1.53. The summed E-state index contributed by atoms with van der Waals surface area (Å²) in [6, 6.07) is -0.271. The highest BCUT2D eigenvalue weighted by molar-refractivity contribution is 5.96. The van der Waals surface area contributed by atoms with E-state index in [1.165, 1.54) is 37.0 Å². The summed E-state index contributed by atoms with van der Waals surface area (Å²) < 4.78 is 0. The van der Waals surface area contributed by atoms with Crippen molar-refractivity contribution in [3.8, 4) is 0 Å². The number of likely N-dealkylation sites (tertiary alicyclic amines) is 1. The van der Waals surface area contributed by atoms with Gasteiger partial charge in [-0.3, -0.25) is 5.32 Å². The van der Waals surface area contributed by atoms with E-state index in [9.17, 15) is 9.59 Å². The number of carbonyl (C=O) groups excluding carboxylic acids is 2. The first kappa shape index (κ1) is 17.5. The maximum Gasteiger partial charge on any atom is 0.328 e. The largest absolute Gasteiger partial charge is 0.328 e. The van der Waals surface area contributed by atoms with E-state index in [1.807, 2.05) is 0 Å². The quantitative estimate of drug-likeness (QED) is 0.729. The third-order valence-electron chi connectivity index (χ3n) is 5.81. The van der Waals surface area contributed by atoms with Crippen molar-refractivity contribution in [1.29, 1.82) is 0 Å². The minimum absolute atomic E-state index is 0.00193. The van der Waals surface area contributed by atoms with Crippen molar-refractivity contribution >= 4 is 12.1 Å². The summed E-state index contributed by atoms with van der Waals surface area (Å²) in [5, 5.41) is 9.19. The lowest BCUT2D eigenvalue weighted by Gasteiger charge is -2.41. The second-order valence-electron chi connectivity index (χ2n) is 7.59. The average Bonchev–Trinajstić information content (AvgIpc) is 2.57. The number of rotatable bonds is 4. The standard InChI is InChI=1S/C17H31N5O2/c1-12(13-6-4-3-5-7-13)18-15-19-16(23)22(17(24)20-15)14-8-10-21(2)11-9-14/h12-15,18H,3-11H2,1-2H3,(H,19,23)(H,20,24)/t12-/m0/s1. The summed E-state index contributed by atoms with van der Waals surface area (Å²) in [5.74, 6) is 0.625. The molecule has 1 aliphatic carbocycles. The Morgan fingerprint density at radius 1 is 1.00 bits per heavy atom. The summed E-state index contributed by atoms with van der Waals surface area (Å²) in [7, 11) is 2.07. The van der Waals surface area contributed by atoms with Gasteiger partial charge >= 0.3 is 12.1 Å². The number of carbonyl (C=O) groups is 2. The highest BCUT2D eigenvalue weighted by atomic mass is 16.2. The predicted octanol–water partition coefficient (Wildman–Crippen LogP) is 1.66. The van der Waals surface area contributed by atoms with Crippen molar-refractivity contribution < 1.29 is 9.59 Å². The summed E-state index contributed by atoms with van der Waals surface area (Å²) in [6.45, 7) is 3.99. The molecule has 4 amide bonds. The number of hydrogen-bond donors (Lipinski definition) is 3. The van der Waals surface area contributed by atoms with E-state index in [2.05, 4.69) is 34.8 Å². The number of imide groups is 1.